The van der Waals surface area contributed by atoms with E-state index in [0.29, 0.717) is 5.69 Å². The van der Waals surface area contributed by atoms with Crippen molar-refractivity contribution in [1.29, 1.82) is 0 Å². The molecule has 1 heterocycles. The Morgan fingerprint density at radius 2 is 1.96 bits per heavy atom. The van der Waals surface area contributed by atoms with Crippen LogP contribution in [0.15, 0.2) is 28.5 Å². The Morgan fingerprint density at radius 1 is 1.25 bits per heavy atom. The van der Waals surface area contributed by atoms with Gasteiger partial charge in [-0.05, 0) is 34.9 Å². The topological polar surface area (TPSA) is 93.4 Å². The highest BCUT2D eigenvalue weighted by atomic mass is 32.2. The molecule has 2 rings (SSSR count). The number of anilines is 2. The Kier molecular flexibility index (Phi) is 7.51. The van der Waals surface area contributed by atoms with E-state index >= 15 is 0 Å². The number of nitrogens with one attached hydrogen (secondary N) is 2. The first-order valence-electron chi connectivity index (χ1n) is 8.82. The van der Waals surface area contributed by atoms with Gasteiger partial charge in [-0.15, -0.1) is 23.1 Å². The van der Waals surface area contributed by atoms with E-state index in [2.05, 4.69) is 42.4 Å². The summed E-state index contributed by atoms with van der Waals surface area (Å²) in [5.41, 5.74) is 10.2. The summed E-state index contributed by atoms with van der Waals surface area (Å²) in [5.74, 6) is -0.651. The number of esters is 1. The molecule has 152 valence electrons. The summed E-state index contributed by atoms with van der Waals surface area (Å²) in [7, 11) is 1.31. The molecule has 0 fully saturated rings. The molecule has 8 heteroatoms. The molecule has 6 nitrogen and oxygen atoms in total. The van der Waals surface area contributed by atoms with Gasteiger partial charge in [0.1, 0.15) is 0 Å². The van der Waals surface area contributed by atoms with Gasteiger partial charge in [0.25, 0.3) is 0 Å². The average Bonchev–Trinajstić information content (AvgIpc) is 2.98. The maximum atomic E-state index is 12.1. The number of hydrogen-bond donors (Lipinski definition) is 3. The maximum Gasteiger partial charge on any atom is 0.319 e. The Hall–Kier alpha value is -2.03. The van der Waals surface area contributed by atoms with Gasteiger partial charge in [0.15, 0.2) is 0 Å². The third kappa shape index (κ3) is 5.50. The van der Waals surface area contributed by atoms with Gasteiger partial charge in [0.2, 0.25) is 5.91 Å². The van der Waals surface area contributed by atoms with Crippen LogP contribution in [0.25, 0.3) is 11.1 Å². The van der Waals surface area contributed by atoms with Gasteiger partial charge in [-0.2, -0.15) is 0 Å². The Morgan fingerprint density at radius 3 is 2.57 bits per heavy atom. The molecule has 0 radical (unpaired) electrons. The van der Waals surface area contributed by atoms with Gasteiger partial charge in [-0.1, -0.05) is 32.9 Å². The molecular formula is C20H27N3O3S2. The van der Waals surface area contributed by atoms with E-state index in [1.165, 1.54) is 16.9 Å². The minimum absolute atomic E-state index is 0.0121. The Bertz CT molecular complexity index is 857. The molecule has 0 aliphatic carbocycles. The summed E-state index contributed by atoms with van der Waals surface area (Å²) in [5, 5.41) is 6.37. The highest BCUT2D eigenvalue weighted by Crippen LogP contribution is 2.48. The fraction of sp³-hybridized carbons (Fsp3) is 0.400. The highest BCUT2D eigenvalue weighted by molar-refractivity contribution is 8.00. The molecule has 28 heavy (non-hydrogen) atoms. The lowest BCUT2D eigenvalue weighted by atomic mass is 9.84. The van der Waals surface area contributed by atoms with Crippen molar-refractivity contribution >= 4 is 45.7 Å². The van der Waals surface area contributed by atoms with Gasteiger partial charge in [-0.3, -0.25) is 14.9 Å². The van der Waals surface area contributed by atoms with Crippen LogP contribution in [0.2, 0.25) is 0 Å². The third-order valence-electron chi connectivity index (χ3n) is 4.06. The molecule has 1 amide bonds. The zero-order chi connectivity index (χ0) is 20.9. The fourth-order valence-electron chi connectivity index (χ4n) is 2.85. The summed E-state index contributed by atoms with van der Waals surface area (Å²) < 4.78 is 5.74. The van der Waals surface area contributed by atoms with E-state index in [9.17, 15) is 9.59 Å². The molecular weight excluding hydrogens is 394 g/mol. The van der Waals surface area contributed by atoms with Crippen molar-refractivity contribution in [3.63, 3.8) is 0 Å². The van der Waals surface area contributed by atoms with E-state index in [0.717, 1.165) is 16.1 Å². The number of amides is 1. The molecule has 0 saturated carbocycles. The predicted molar refractivity (Wildman–Crippen MR) is 118 cm³/mol. The number of nitrogens with two attached hydrogens (primary N) is 1. The van der Waals surface area contributed by atoms with Crippen molar-refractivity contribution in [1.82, 2.24) is 5.32 Å². The third-order valence-corrected chi connectivity index (χ3v) is 6.19. The predicted octanol–water partition coefficient (Wildman–Crippen LogP) is 3.72. The van der Waals surface area contributed by atoms with Crippen LogP contribution >= 0.6 is 23.1 Å². The summed E-state index contributed by atoms with van der Waals surface area (Å²) >= 11 is 3.30. The first kappa shape index (κ1) is 22.3. The second kappa shape index (κ2) is 9.45. The molecule has 1 aromatic heterocycles. The molecule has 0 atom stereocenters. The normalized spacial score (nSPS) is 11.3. The zero-order valence-electron chi connectivity index (χ0n) is 16.8. The monoisotopic (exact) mass is 421 g/mol. The van der Waals surface area contributed by atoms with Crippen molar-refractivity contribution in [2.45, 2.75) is 30.4 Å². The number of benzene rings is 1. The SMILES string of the molecule is COC(=O)CNCC(=O)Nc1cccc(-c2c(N)sc(SC)c2C(C)(C)C)c1. The van der Waals surface area contributed by atoms with Crippen molar-refractivity contribution in [3.8, 4) is 11.1 Å². The van der Waals surface area contributed by atoms with Crippen LogP contribution in [0.1, 0.15) is 26.3 Å². The van der Waals surface area contributed by atoms with Gasteiger partial charge >= 0.3 is 5.97 Å². The van der Waals surface area contributed by atoms with Crippen LogP contribution in [-0.2, 0) is 19.7 Å². The minimum atomic E-state index is -0.415. The number of thioether (sulfide) groups is 1. The van der Waals surface area contributed by atoms with E-state index < -0.39 is 5.97 Å². The standard InChI is InChI=1S/C20H27N3O3S2/c1-20(2,3)17-16(18(21)28-19(17)27-5)12-7-6-8-13(9-12)23-14(24)10-22-11-15(25)26-4/h6-9,22H,10-11,21H2,1-5H3,(H,23,24). The number of carbonyl (C=O) groups is 2. The second-order valence-corrected chi connectivity index (χ2v) is 9.39. The van der Waals surface area contributed by atoms with Crippen molar-refractivity contribution in [2.75, 3.05) is 37.5 Å². The van der Waals surface area contributed by atoms with E-state index in [1.54, 1.807) is 23.1 Å². The van der Waals surface area contributed by atoms with E-state index in [-0.39, 0.29) is 24.4 Å². The summed E-state index contributed by atoms with van der Waals surface area (Å²) in [6, 6.07) is 7.66. The number of nitrogen functional groups attached to an aromatic ring is 1. The minimum Gasteiger partial charge on any atom is -0.468 e. The first-order chi connectivity index (χ1) is 13.2. The second-order valence-electron chi connectivity index (χ2n) is 7.27. The smallest absolute Gasteiger partial charge is 0.319 e. The number of ether oxygens (including phenoxy) is 1. The lowest BCUT2D eigenvalue weighted by molar-refractivity contribution is -0.139. The number of carbonyl (C=O) groups excluding carboxylic acids is 2. The first-order valence-corrected chi connectivity index (χ1v) is 10.9. The van der Waals surface area contributed by atoms with Crippen molar-refractivity contribution in [2.24, 2.45) is 0 Å². The molecule has 0 aliphatic heterocycles. The number of thiophene rings is 1. The summed E-state index contributed by atoms with van der Waals surface area (Å²) in [6.07, 6.45) is 2.06. The lowest BCUT2D eigenvalue weighted by Gasteiger charge is -2.22. The zero-order valence-corrected chi connectivity index (χ0v) is 18.5. The van der Waals surface area contributed by atoms with E-state index in [4.69, 9.17) is 5.73 Å². The van der Waals surface area contributed by atoms with Crippen LogP contribution in [0, 0.1) is 0 Å². The quantitative estimate of drug-likeness (QED) is 0.466. The molecule has 0 saturated heterocycles. The van der Waals surface area contributed by atoms with Gasteiger partial charge in [0, 0.05) is 11.3 Å². The van der Waals surface area contributed by atoms with Crippen LogP contribution in [0.4, 0.5) is 10.7 Å². The number of hydrogen-bond acceptors (Lipinski definition) is 7. The number of methoxy groups -OCH3 is 1. The van der Waals surface area contributed by atoms with E-state index in [1.807, 2.05) is 24.3 Å². The van der Waals surface area contributed by atoms with Crippen LogP contribution in [-0.4, -0.2) is 38.3 Å². The Balaban J connectivity index is 2.23. The molecule has 0 bridgehead atoms. The van der Waals surface area contributed by atoms with Gasteiger partial charge in [-0.25, -0.2) is 0 Å². The molecule has 0 spiro atoms. The summed E-state index contributed by atoms with van der Waals surface area (Å²) in [4.78, 5) is 23.2. The molecule has 0 aliphatic rings. The van der Waals surface area contributed by atoms with Crippen LogP contribution < -0.4 is 16.4 Å². The molecule has 0 unspecified atom stereocenters. The van der Waals surface area contributed by atoms with Gasteiger partial charge in [0.05, 0.1) is 29.4 Å². The van der Waals surface area contributed by atoms with Crippen molar-refractivity contribution in [3.05, 3.63) is 29.8 Å². The molecule has 2 aromatic rings. The molecule has 1 aromatic carbocycles. The average molecular weight is 422 g/mol. The fourth-order valence-corrected chi connectivity index (χ4v) is 5.09. The Labute approximate surface area is 174 Å². The van der Waals surface area contributed by atoms with Crippen LogP contribution in [0.3, 0.4) is 0 Å². The lowest BCUT2D eigenvalue weighted by Crippen LogP contribution is -2.32. The molecule has 4 N–H and O–H groups in total. The van der Waals surface area contributed by atoms with Crippen molar-refractivity contribution < 1.29 is 14.3 Å². The maximum absolute atomic E-state index is 12.1. The van der Waals surface area contributed by atoms with Crippen LogP contribution in [0.5, 0.6) is 0 Å². The largest absolute Gasteiger partial charge is 0.468 e. The summed E-state index contributed by atoms with van der Waals surface area (Å²) in [6.45, 7) is 6.54. The number of rotatable bonds is 7. The highest BCUT2D eigenvalue weighted by Gasteiger charge is 2.27. The van der Waals surface area contributed by atoms with Gasteiger partial charge < -0.3 is 15.8 Å².